The fourth-order valence-electron chi connectivity index (χ4n) is 3.94. The molecule has 0 aromatic heterocycles. The van der Waals surface area contributed by atoms with Crippen molar-refractivity contribution >= 4 is 34.4 Å². The van der Waals surface area contributed by atoms with E-state index in [1.807, 2.05) is 74.5 Å². The second-order valence-electron chi connectivity index (χ2n) is 9.99. The molecule has 3 rings (SSSR count). The minimum atomic E-state index is -0.947. The summed E-state index contributed by atoms with van der Waals surface area (Å²) in [4.78, 5) is 40.6. The average Bonchev–Trinajstić information content (AvgIpc) is 2.83. The number of hydrogen-bond donors (Lipinski definition) is 2. The van der Waals surface area contributed by atoms with E-state index in [0.29, 0.717) is 11.3 Å². The molecule has 194 valence electrons. The lowest BCUT2D eigenvalue weighted by Crippen LogP contribution is -2.46. The summed E-state index contributed by atoms with van der Waals surface area (Å²) in [6.07, 6.45) is 0.852. The van der Waals surface area contributed by atoms with E-state index in [1.165, 1.54) is 4.90 Å². The molecule has 0 saturated heterocycles. The van der Waals surface area contributed by atoms with E-state index in [0.717, 1.165) is 21.9 Å². The SMILES string of the molecule is C=CCN(C(=O)CNC(=O)OC(C)(C)C)C(C(=O)Nc1ccc2ccccc2c1)c1ccc(C)c(C)c1. The maximum Gasteiger partial charge on any atom is 0.408 e. The molecule has 7 heteroatoms. The normalized spacial score (nSPS) is 11.9. The highest BCUT2D eigenvalue weighted by Gasteiger charge is 2.31. The number of aryl methyl sites for hydroxylation is 2. The second-order valence-corrected chi connectivity index (χ2v) is 9.99. The number of carbonyl (C=O) groups is 3. The lowest BCUT2D eigenvalue weighted by Gasteiger charge is -2.31. The van der Waals surface area contributed by atoms with Gasteiger partial charge in [0.25, 0.3) is 5.91 Å². The fourth-order valence-corrected chi connectivity index (χ4v) is 3.94. The summed E-state index contributed by atoms with van der Waals surface area (Å²) in [5, 5.41) is 7.52. The maximum absolute atomic E-state index is 13.7. The van der Waals surface area contributed by atoms with Crippen LogP contribution in [0.3, 0.4) is 0 Å². The predicted molar refractivity (Wildman–Crippen MR) is 147 cm³/mol. The van der Waals surface area contributed by atoms with Crippen molar-refractivity contribution in [1.29, 1.82) is 0 Å². The third kappa shape index (κ3) is 7.43. The quantitative estimate of drug-likeness (QED) is 0.389. The summed E-state index contributed by atoms with van der Waals surface area (Å²) in [6, 6.07) is 18.3. The number of nitrogens with one attached hydrogen (secondary N) is 2. The van der Waals surface area contributed by atoms with Gasteiger partial charge in [-0.15, -0.1) is 6.58 Å². The predicted octanol–water partition coefficient (Wildman–Crippen LogP) is 5.68. The van der Waals surface area contributed by atoms with Crippen LogP contribution in [0.5, 0.6) is 0 Å². The minimum Gasteiger partial charge on any atom is -0.444 e. The van der Waals surface area contributed by atoms with Gasteiger partial charge in [0.05, 0.1) is 0 Å². The number of amides is 3. The number of hydrogen-bond acceptors (Lipinski definition) is 4. The Morgan fingerprint density at radius 3 is 2.32 bits per heavy atom. The monoisotopic (exact) mass is 501 g/mol. The van der Waals surface area contributed by atoms with E-state index in [2.05, 4.69) is 17.2 Å². The highest BCUT2D eigenvalue weighted by atomic mass is 16.6. The summed E-state index contributed by atoms with van der Waals surface area (Å²) in [6.45, 7) is 12.7. The molecule has 3 aromatic carbocycles. The van der Waals surface area contributed by atoms with Gasteiger partial charge in [-0.3, -0.25) is 9.59 Å². The van der Waals surface area contributed by atoms with Gasteiger partial charge in [-0.1, -0.05) is 54.6 Å². The number of alkyl carbamates (subject to hydrolysis) is 1. The van der Waals surface area contributed by atoms with Crippen molar-refractivity contribution in [1.82, 2.24) is 10.2 Å². The Kier molecular flexibility index (Phi) is 8.71. The minimum absolute atomic E-state index is 0.109. The van der Waals surface area contributed by atoms with Crippen LogP contribution in [0.1, 0.15) is 43.5 Å². The van der Waals surface area contributed by atoms with Gasteiger partial charge >= 0.3 is 6.09 Å². The topological polar surface area (TPSA) is 87.7 Å². The van der Waals surface area contributed by atoms with E-state index < -0.39 is 23.6 Å². The molecule has 0 heterocycles. The van der Waals surface area contributed by atoms with Crippen LogP contribution in [0.25, 0.3) is 10.8 Å². The second kappa shape index (κ2) is 11.7. The van der Waals surface area contributed by atoms with Crippen molar-refractivity contribution in [3.63, 3.8) is 0 Å². The lowest BCUT2D eigenvalue weighted by atomic mass is 9.98. The Balaban J connectivity index is 1.92. The zero-order valence-electron chi connectivity index (χ0n) is 22.1. The number of fused-ring (bicyclic) bond motifs is 1. The molecule has 0 fully saturated rings. The van der Waals surface area contributed by atoms with Crippen molar-refractivity contribution in [3.05, 3.63) is 90.0 Å². The van der Waals surface area contributed by atoms with Crippen LogP contribution in [0, 0.1) is 13.8 Å². The van der Waals surface area contributed by atoms with Crippen molar-refractivity contribution in [2.75, 3.05) is 18.4 Å². The Labute approximate surface area is 218 Å². The van der Waals surface area contributed by atoms with Gasteiger partial charge in [-0.25, -0.2) is 4.79 Å². The van der Waals surface area contributed by atoms with E-state index in [-0.39, 0.29) is 19.0 Å². The summed E-state index contributed by atoms with van der Waals surface area (Å²) in [5.74, 6) is -0.811. The molecule has 2 N–H and O–H groups in total. The molecule has 0 spiro atoms. The smallest absolute Gasteiger partial charge is 0.408 e. The molecule has 37 heavy (non-hydrogen) atoms. The van der Waals surface area contributed by atoms with Gasteiger partial charge in [0, 0.05) is 12.2 Å². The van der Waals surface area contributed by atoms with Gasteiger partial charge in [0.1, 0.15) is 18.2 Å². The van der Waals surface area contributed by atoms with Gasteiger partial charge in [-0.2, -0.15) is 0 Å². The zero-order valence-corrected chi connectivity index (χ0v) is 22.1. The highest BCUT2D eigenvalue weighted by Crippen LogP contribution is 2.27. The number of nitrogens with zero attached hydrogens (tertiary/aromatic N) is 1. The number of anilines is 1. The zero-order chi connectivity index (χ0) is 27.2. The highest BCUT2D eigenvalue weighted by molar-refractivity contribution is 6.00. The number of carbonyl (C=O) groups excluding carboxylic acids is 3. The van der Waals surface area contributed by atoms with Gasteiger partial charge < -0.3 is 20.3 Å². The Morgan fingerprint density at radius 2 is 1.68 bits per heavy atom. The molecule has 1 unspecified atom stereocenters. The van der Waals surface area contributed by atoms with Gasteiger partial charge in [0.2, 0.25) is 5.91 Å². The molecule has 3 aromatic rings. The largest absolute Gasteiger partial charge is 0.444 e. The maximum atomic E-state index is 13.7. The standard InChI is InChI=1S/C30H35N3O4/c1-7-16-33(26(34)19-31-29(36)37-30(4,5)6)27(24-13-12-20(2)21(3)17-24)28(35)32-25-15-14-22-10-8-9-11-23(22)18-25/h7-15,17-18,27H,1,16,19H2,2-6H3,(H,31,36)(H,32,35). The first-order valence-electron chi connectivity index (χ1n) is 12.2. The molecule has 0 aliphatic carbocycles. The molecule has 0 aliphatic rings. The van der Waals surface area contributed by atoms with Crippen LogP contribution in [0.15, 0.2) is 73.3 Å². The van der Waals surface area contributed by atoms with Crippen molar-refractivity contribution < 1.29 is 19.1 Å². The third-order valence-corrected chi connectivity index (χ3v) is 5.85. The van der Waals surface area contributed by atoms with Crippen molar-refractivity contribution in [2.24, 2.45) is 0 Å². The fraction of sp³-hybridized carbons (Fsp3) is 0.300. The number of benzene rings is 3. The van der Waals surface area contributed by atoms with E-state index in [1.54, 1.807) is 26.8 Å². The summed E-state index contributed by atoms with van der Waals surface area (Å²) in [5.41, 5.74) is 2.66. The Bertz CT molecular complexity index is 1310. The van der Waals surface area contributed by atoms with Crippen LogP contribution in [-0.2, 0) is 14.3 Å². The lowest BCUT2D eigenvalue weighted by molar-refractivity contribution is -0.137. The van der Waals surface area contributed by atoms with Crippen LogP contribution >= 0.6 is 0 Å². The number of rotatable bonds is 8. The van der Waals surface area contributed by atoms with Crippen molar-refractivity contribution in [2.45, 2.75) is 46.3 Å². The van der Waals surface area contributed by atoms with Crippen LogP contribution < -0.4 is 10.6 Å². The van der Waals surface area contributed by atoms with Crippen LogP contribution in [0.4, 0.5) is 10.5 Å². The average molecular weight is 502 g/mol. The van der Waals surface area contributed by atoms with E-state index >= 15 is 0 Å². The van der Waals surface area contributed by atoms with Gasteiger partial charge in [-0.05, 0) is 74.2 Å². The molecule has 1 atom stereocenters. The molecule has 7 nitrogen and oxygen atoms in total. The van der Waals surface area contributed by atoms with Crippen LogP contribution in [-0.4, -0.2) is 41.5 Å². The summed E-state index contributed by atoms with van der Waals surface area (Å²) in [7, 11) is 0. The first-order chi connectivity index (χ1) is 17.5. The third-order valence-electron chi connectivity index (χ3n) is 5.85. The Morgan fingerprint density at radius 1 is 0.973 bits per heavy atom. The first kappa shape index (κ1) is 27.5. The summed E-state index contributed by atoms with van der Waals surface area (Å²) < 4.78 is 5.24. The van der Waals surface area contributed by atoms with Crippen LogP contribution in [0.2, 0.25) is 0 Å². The summed E-state index contributed by atoms with van der Waals surface area (Å²) >= 11 is 0. The van der Waals surface area contributed by atoms with E-state index in [4.69, 9.17) is 4.74 Å². The number of ether oxygens (including phenoxy) is 1. The Hall–Kier alpha value is -4.13. The molecule has 0 bridgehead atoms. The molecule has 0 aliphatic heterocycles. The first-order valence-corrected chi connectivity index (χ1v) is 12.2. The molecular weight excluding hydrogens is 466 g/mol. The van der Waals surface area contributed by atoms with Crippen molar-refractivity contribution in [3.8, 4) is 0 Å². The molecular formula is C30H35N3O4. The van der Waals surface area contributed by atoms with Gasteiger partial charge in [0.15, 0.2) is 0 Å². The molecule has 3 amide bonds. The molecule has 0 saturated carbocycles. The van der Waals surface area contributed by atoms with E-state index in [9.17, 15) is 14.4 Å². The molecule has 0 radical (unpaired) electrons.